The molecule has 1 heterocycles. The van der Waals surface area contributed by atoms with Crippen molar-refractivity contribution >= 4 is 33.4 Å². The first-order valence-electron chi connectivity index (χ1n) is 8.49. The number of aryl methyl sites for hydroxylation is 1. The number of rotatable bonds is 6. The molecule has 132 valence electrons. The van der Waals surface area contributed by atoms with Gasteiger partial charge in [-0.25, -0.2) is 0 Å². The SMILES string of the molecule is Cc1ccc(Br)cc1NC(=O)CNC(=O)CC(C)C1CCNCC1. The second kappa shape index (κ2) is 9.18. The Hall–Kier alpha value is -1.40. The summed E-state index contributed by atoms with van der Waals surface area (Å²) in [5.41, 5.74) is 1.74. The molecule has 1 unspecified atom stereocenters. The molecule has 0 spiro atoms. The van der Waals surface area contributed by atoms with Crippen molar-refractivity contribution in [3.8, 4) is 0 Å². The molecule has 24 heavy (non-hydrogen) atoms. The first-order chi connectivity index (χ1) is 11.5. The predicted octanol–water partition coefficient (Wildman–Crippen LogP) is 2.84. The molecule has 0 radical (unpaired) electrons. The van der Waals surface area contributed by atoms with Gasteiger partial charge in [-0.3, -0.25) is 9.59 Å². The molecule has 3 N–H and O–H groups in total. The summed E-state index contributed by atoms with van der Waals surface area (Å²) >= 11 is 3.39. The van der Waals surface area contributed by atoms with E-state index in [2.05, 4.69) is 38.8 Å². The third kappa shape index (κ3) is 5.91. The number of hydrogen-bond donors (Lipinski definition) is 3. The molecule has 1 atom stereocenters. The summed E-state index contributed by atoms with van der Waals surface area (Å²) in [6.45, 7) is 6.13. The van der Waals surface area contributed by atoms with Gasteiger partial charge in [0.05, 0.1) is 6.54 Å². The Morgan fingerprint density at radius 1 is 1.29 bits per heavy atom. The minimum absolute atomic E-state index is 0.00370. The molecule has 1 aromatic rings. The molecular formula is C18H26BrN3O2. The van der Waals surface area contributed by atoms with E-state index in [-0.39, 0.29) is 18.4 Å². The van der Waals surface area contributed by atoms with E-state index >= 15 is 0 Å². The van der Waals surface area contributed by atoms with Gasteiger partial charge in [0, 0.05) is 16.6 Å². The minimum atomic E-state index is -0.209. The van der Waals surface area contributed by atoms with Gasteiger partial charge in [-0.2, -0.15) is 0 Å². The lowest BCUT2D eigenvalue weighted by Crippen LogP contribution is -2.36. The maximum Gasteiger partial charge on any atom is 0.243 e. The van der Waals surface area contributed by atoms with Crippen molar-refractivity contribution < 1.29 is 9.59 Å². The molecule has 0 aromatic heterocycles. The quantitative estimate of drug-likeness (QED) is 0.693. The van der Waals surface area contributed by atoms with E-state index in [1.54, 1.807) is 0 Å². The molecule has 1 aliphatic heterocycles. The Morgan fingerprint density at radius 3 is 2.71 bits per heavy atom. The third-order valence-corrected chi connectivity index (χ3v) is 5.11. The van der Waals surface area contributed by atoms with Crippen LogP contribution >= 0.6 is 15.9 Å². The molecular weight excluding hydrogens is 370 g/mol. The number of carbonyl (C=O) groups is 2. The van der Waals surface area contributed by atoms with E-state index in [4.69, 9.17) is 0 Å². The molecule has 2 rings (SSSR count). The van der Waals surface area contributed by atoms with Crippen molar-refractivity contribution in [3.63, 3.8) is 0 Å². The zero-order valence-corrected chi connectivity index (χ0v) is 15.9. The highest BCUT2D eigenvalue weighted by Crippen LogP contribution is 2.24. The number of piperidine rings is 1. The molecule has 1 saturated heterocycles. The fourth-order valence-electron chi connectivity index (χ4n) is 3.05. The zero-order chi connectivity index (χ0) is 17.5. The van der Waals surface area contributed by atoms with Crippen LogP contribution in [-0.4, -0.2) is 31.4 Å². The molecule has 1 aliphatic rings. The van der Waals surface area contributed by atoms with Crippen LogP contribution in [0.25, 0.3) is 0 Å². The lowest BCUT2D eigenvalue weighted by Gasteiger charge is -2.27. The van der Waals surface area contributed by atoms with Gasteiger partial charge in [-0.05, 0) is 62.4 Å². The van der Waals surface area contributed by atoms with Gasteiger partial charge in [-0.1, -0.05) is 28.9 Å². The van der Waals surface area contributed by atoms with Crippen LogP contribution in [0, 0.1) is 18.8 Å². The lowest BCUT2D eigenvalue weighted by atomic mass is 9.84. The third-order valence-electron chi connectivity index (χ3n) is 4.62. The van der Waals surface area contributed by atoms with Crippen LogP contribution in [0.1, 0.15) is 31.7 Å². The topological polar surface area (TPSA) is 70.2 Å². The van der Waals surface area contributed by atoms with Gasteiger partial charge < -0.3 is 16.0 Å². The summed E-state index contributed by atoms with van der Waals surface area (Å²) in [7, 11) is 0. The predicted molar refractivity (Wildman–Crippen MR) is 99.9 cm³/mol. The second-order valence-corrected chi connectivity index (χ2v) is 7.47. The standard InChI is InChI=1S/C18H26BrN3O2/c1-12-3-4-15(19)10-16(12)22-18(24)11-21-17(23)9-13(2)14-5-7-20-8-6-14/h3-4,10,13-14,20H,5-9,11H2,1-2H3,(H,21,23)(H,22,24). The van der Waals surface area contributed by atoms with E-state index < -0.39 is 0 Å². The first-order valence-corrected chi connectivity index (χ1v) is 9.28. The second-order valence-electron chi connectivity index (χ2n) is 6.55. The van der Waals surface area contributed by atoms with Crippen LogP contribution in [0.3, 0.4) is 0 Å². The smallest absolute Gasteiger partial charge is 0.243 e. The largest absolute Gasteiger partial charge is 0.347 e. The van der Waals surface area contributed by atoms with Gasteiger partial charge in [-0.15, -0.1) is 0 Å². The van der Waals surface area contributed by atoms with Crippen LogP contribution in [0.4, 0.5) is 5.69 Å². The Bertz CT molecular complexity index is 586. The Morgan fingerprint density at radius 2 is 2.00 bits per heavy atom. The van der Waals surface area contributed by atoms with Gasteiger partial charge >= 0.3 is 0 Å². The number of anilines is 1. The summed E-state index contributed by atoms with van der Waals surface area (Å²) in [5, 5.41) is 8.90. The average molecular weight is 396 g/mol. The van der Waals surface area contributed by atoms with Crippen LogP contribution in [0.2, 0.25) is 0 Å². The van der Waals surface area contributed by atoms with Crippen LogP contribution < -0.4 is 16.0 Å². The molecule has 0 saturated carbocycles. The summed E-state index contributed by atoms with van der Waals surface area (Å²) in [6.07, 6.45) is 2.72. The van der Waals surface area contributed by atoms with Gasteiger partial charge in [0.1, 0.15) is 0 Å². The number of halogens is 1. The Kier molecular flexibility index (Phi) is 7.24. The summed E-state index contributed by atoms with van der Waals surface area (Å²) < 4.78 is 0.906. The molecule has 0 aliphatic carbocycles. The highest BCUT2D eigenvalue weighted by molar-refractivity contribution is 9.10. The lowest BCUT2D eigenvalue weighted by molar-refractivity contribution is -0.125. The molecule has 6 heteroatoms. The summed E-state index contributed by atoms with van der Waals surface area (Å²) in [4.78, 5) is 24.1. The van der Waals surface area contributed by atoms with Crippen LogP contribution in [0.5, 0.6) is 0 Å². The summed E-state index contributed by atoms with van der Waals surface area (Å²) in [6, 6.07) is 5.71. The van der Waals surface area contributed by atoms with Crippen molar-refractivity contribution in [2.75, 3.05) is 25.0 Å². The Labute approximate surface area is 152 Å². The van der Waals surface area contributed by atoms with Crippen molar-refractivity contribution in [1.82, 2.24) is 10.6 Å². The van der Waals surface area contributed by atoms with Crippen molar-refractivity contribution in [2.45, 2.75) is 33.1 Å². The van der Waals surface area contributed by atoms with Crippen molar-refractivity contribution in [2.24, 2.45) is 11.8 Å². The number of carbonyl (C=O) groups excluding carboxylic acids is 2. The van der Waals surface area contributed by atoms with E-state index in [1.807, 2.05) is 25.1 Å². The molecule has 1 aromatic carbocycles. The fourth-order valence-corrected chi connectivity index (χ4v) is 3.41. The maximum absolute atomic E-state index is 12.1. The van der Waals surface area contributed by atoms with E-state index in [0.717, 1.165) is 41.7 Å². The number of amides is 2. The van der Waals surface area contributed by atoms with Gasteiger partial charge in [0.2, 0.25) is 11.8 Å². The monoisotopic (exact) mass is 395 g/mol. The number of benzene rings is 1. The zero-order valence-electron chi connectivity index (χ0n) is 14.3. The van der Waals surface area contributed by atoms with E-state index in [1.165, 1.54) is 0 Å². The first kappa shape index (κ1) is 18.9. The molecule has 1 fully saturated rings. The Balaban J connectivity index is 1.74. The van der Waals surface area contributed by atoms with Crippen LogP contribution in [-0.2, 0) is 9.59 Å². The highest BCUT2D eigenvalue weighted by Gasteiger charge is 2.22. The average Bonchev–Trinajstić information content (AvgIpc) is 2.57. The van der Waals surface area contributed by atoms with Crippen molar-refractivity contribution in [1.29, 1.82) is 0 Å². The van der Waals surface area contributed by atoms with E-state index in [9.17, 15) is 9.59 Å². The van der Waals surface area contributed by atoms with Gasteiger partial charge in [0.25, 0.3) is 0 Å². The van der Waals surface area contributed by atoms with Crippen molar-refractivity contribution in [3.05, 3.63) is 28.2 Å². The summed E-state index contributed by atoms with van der Waals surface area (Å²) in [5.74, 6) is 0.679. The molecule has 0 bridgehead atoms. The minimum Gasteiger partial charge on any atom is -0.347 e. The molecule has 2 amide bonds. The number of nitrogens with one attached hydrogen (secondary N) is 3. The molecule has 5 nitrogen and oxygen atoms in total. The van der Waals surface area contributed by atoms with E-state index in [0.29, 0.717) is 18.3 Å². The normalized spacial score (nSPS) is 16.5. The fraction of sp³-hybridized carbons (Fsp3) is 0.556. The maximum atomic E-state index is 12.1. The highest BCUT2D eigenvalue weighted by atomic mass is 79.9. The van der Waals surface area contributed by atoms with Crippen LogP contribution in [0.15, 0.2) is 22.7 Å². The van der Waals surface area contributed by atoms with Gasteiger partial charge in [0.15, 0.2) is 0 Å². The number of hydrogen-bond acceptors (Lipinski definition) is 3.